The van der Waals surface area contributed by atoms with Crippen LogP contribution in [-0.2, 0) is 4.79 Å². The summed E-state index contributed by atoms with van der Waals surface area (Å²) < 4.78 is 0. The van der Waals surface area contributed by atoms with E-state index in [0.717, 1.165) is 28.5 Å². The van der Waals surface area contributed by atoms with Crippen LogP contribution in [0, 0.1) is 23.2 Å². The van der Waals surface area contributed by atoms with Gasteiger partial charge in [0.15, 0.2) is 0 Å². The Bertz CT molecular complexity index is 1070. The van der Waals surface area contributed by atoms with Gasteiger partial charge in [-0.1, -0.05) is 24.3 Å². The summed E-state index contributed by atoms with van der Waals surface area (Å²) >= 11 is 0. The maximum atomic E-state index is 13.0. The van der Waals surface area contributed by atoms with Gasteiger partial charge in [0.2, 0.25) is 5.91 Å². The van der Waals surface area contributed by atoms with Crippen LogP contribution in [0.3, 0.4) is 0 Å². The Kier molecular flexibility index (Phi) is 4.86. The quantitative estimate of drug-likeness (QED) is 0.642. The standard InChI is InChI=1S/C28H32N2O3/c1-17(28-14-18-11-19(15-28)13-20(12-18)16-28)29-24(31)9-4-10-30-26(32)22-7-2-5-21-6-3-8-23(25(21)22)27(30)33/h2-3,5-8,17-20H,4,9-16H2,1H3,(H,29,31). The fourth-order valence-electron chi connectivity index (χ4n) is 7.86. The predicted molar refractivity (Wildman–Crippen MR) is 127 cm³/mol. The lowest BCUT2D eigenvalue weighted by Crippen LogP contribution is -2.55. The van der Waals surface area contributed by atoms with Crippen molar-refractivity contribution in [3.8, 4) is 0 Å². The molecule has 1 unspecified atom stereocenters. The lowest BCUT2D eigenvalue weighted by atomic mass is 9.48. The van der Waals surface area contributed by atoms with Gasteiger partial charge in [-0.15, -0.1) is 0 Å². The van der Waals surface area contributed by atoms with E-state index < -0.39 is 0 Å². The normalized spacial score (nSPS) is 30.7. The van der Waals surface area contributed by atoms with Gasteiger partial charge in [0, 0.05) is 35.5 Å². The molecule has 3 amide bonds. The second-order valence-electron chi connectivity index (χ2n) is 11.1. The molecule has 2 aromatic carbocycles. The van der Waals surface area contributed by atoms with Crippen molar-refractivity contribution in [1.29, 1.82) is 0 Å². The summed E-state index contributed by atoms with van der Waals surface area (Å²) in [6.45, 7) is 2.46. The highest BCUT2D eigenvalue weighted by Gasteiger charge is 2.53. The molecule has 4 saturated carbocycles. The summed E-state index contributed by atoms with van der Waals surface area (Å²) in [4.78, 5) is 40.2. The first kappa shape index (κ1) is 20.9. The smallest absolute Gasteiger partial charge is 0.261 e. The van der Waals surface area contributed by atoms with Gasteiger partial charge in [-0.25, -0.2) is 0 Å². The molecular weight excluding hydrogens is 412 g/mol. The molecule has 0 spiro atoms. The molecule has 0 aromatic heterocycles. The Labute approximate surface area is 194 Å². The van der Waals surface area contributed by atoms with Crippen LogP contribution < -0.4 is 5.32 Å². The van der Waals surface area contributed by atoms with Crippen LogP contribution in [0.25, 0.3) is 10.8 Å². The Morgan fingerprint density at radius 1 is 0.970 bits per heavy atom. The maximum absolute atomic E-state index is 13.0. The molecule has 5 nitrogen and oxygen atoms in total. The Balaban J connectivity index is 1.08. The third-order valence-electron chi connectivity index (χ3n) is 9.02. The molecule has 7 rings (SSSR count). The van der Waals surface area contributed by atoms with E-state index in [0.29, 0.717) is 24.0 Å². The first-order chi connectivity index (χ1) is 15.9. The number of hydrogen-bond donors (Lipinski definition) is 1. The van der Waals surface area contributed by atoms with Crippen molar-refractivity contribution in [3.63, 3.8) is 0 Å². The van der Waals surface area contributed by atoms with Crippen molar-refractivity contribution < 1.29 is 14.4 Å². The molecule has 1 atom stereocenters. The highest BCUT2D eigenvalue weighted by atomic mass is 16.2. The van der Waals surface area contributed by atoms with E-state index in [4.69, 9.17) is 0 Å². The molecule has 2 aromatic rings. The van der Waals surface area contributed by atoms with E-state index in [9.17, 15) is 14.4 Å². The summed E-state index contributed by atoms with van der Waals surface area (Å²) in [5, 5.41) is 4.95. The molecule has 33 heavy (non-hydrogen) atoms. The topological polar surface area (TPSA) is 66.5 Å². The van der Waals surface area contributed by atoms with E-state index in [1.54, 1.807) is 12.1 Å². The Hall–Kier alpha value is -2.69. The second-order valence-corrected chi connectivity index (χ2v) is 11.1. The lowest BCUT2D eigenvalue weighted by Gasteiger charge is -2.59. The van der Waals surface area contributed by atoms with Gasteiger partial charge in [0.25, 0.3) is 11.8 Å². The Morgan fingerprint density at radius 2 is 1.52 bits per heavy atom. The first-order valence-electron chi connectivity index (χ1n) is 12.6. The van der Waals surface area contributed by atoms with Gasteiger partial charge < -0.3 is 5.32 Å². The number of imide groups is 1. The molecule has 1 aliphatic heterocycles. The van der Waals surface area contributed by atoms with Gasteiger partial charge in [0.1, 0.15) is 0 Å². The highest BCUT2D eigenvalue weighted by molar-refractivity contribution is 6.25. The number of nitrogens with zero attached hydrogens (tertiary/aromatic N) is 1. The van der Waals surface area contributed by atoms with Crippen molar-refractivity contribution in [2.75, 3.05) is 6.54 Å². The van der Waals surface area contributed by atoms with Crippen LogP contribution in [0.15, 0.2) is 36.4 Å². The van der Waals surface area contributed by atoms with Crippen LogP contribution in [0.2, 0.25) is 0 Å². The third-order valence-corrected chi connectivity index (χ3v) is 9.02. The van der Waals surface area contributed by atoms with Crippen LogP contribution in [0.4, 0.5) is 0 Å². The number of hydrogen-bond acceptors (Lipinski definition) is 3. The van der Waals surface area contributed by atoms with Crippen molar-refractivity contribution in [2.24, 2.45) is 23.2 Å². The molecular formula is C28H32N2O3. The van der Waals surface area contributed by atoms with E-state index in [2.05, 4.69) is 12.2 Å². The molecule has 4 bridgehead atoms. The number of benzene rings is 2. The molecule has 1 heterocycles. The van der Waals surface area contributed by atoms with Crippen molar-refractivity contribution in [3.05, 3.63) is 47.5 Å². The average molecular weight is 445 g/mol. The molecule has 4 aliphatic carbocycles. The first-order valence-corrected chi connectivity index (χ1v) is 12.6. The average Bonchev–Trinajstić information content (AvgIpc) is 2.78. The van der Waals surface area contributed by atoms with Gasteiger partial charge >= 0.3 is 0 Å². The van der Waals surface area contributed by atoms with Crippen LogP contribution in [-0.4, -0.2) is 35.2 Å². The summed E-state index contributed by atoms with van der Waals surface area (Å²) in [5.41, 5.74) is 1.43. The zero-order valence-corrected chi connectivity index (χ0v) is 19.3. The molecule has 172 valence electrons. The van der Waals surface area contributed by atoms with Gasteiger partial charge in [0.05, 0.1) is 0 Å². The maximum Gasteiger partial charge on any atom is 0.261 e. The minimum atomic E-state index is -0.258. The lowest BCUT2D eigenvalue weighted by molar-refractivity contribution is -0.126. The summed E-state index contributed by atoms with van der Waals surface area (Å²) in [6.07, 6.45) is 8.80. The van der Waals surface area contributed by atoms with Crippen molar-refractivity contribution in [2.45, 2.75) is 64.3 Å². The predicted octanol–water partition coefficient (Wildman–Crippen LogP) is 4.94. The van der Waals surface area contributed by atoms with Crippen LogP contribution >= 0.6 is 0 Å². The fraction of sp³-hybridized carbons (Fsp3) is 0.536. The number of carbonyl (C=O) groups excluding carboxylic acids is 3. The molecule has 4 fully saturated rings. The number of nitrogens with one attached hydrogen (secondary N) is 1. The molecule has 5 heteroatoms. The molecule has 0 saturated heterocycles. The van der Waals surface area contributed by atoms with Crippen molar-refractivity contribution >= 4 is 28.5 Å². The van der Waals surface area contributed by atoms with Crippen LogP contribution in [0.1, 0.15) is 79.0 Å². The third kappa shape index (κ3) is 3.39. The second kappa shape index (κ2) is 7.68. The van der Waals surface area contributed by atoms with Crippen molar-refractivity contribution in [1.82, 2.24) is 10.2 Å². The zero-order chi connectivity index (χ0) is 22.7. The van der Waals surface area contributed by atoms with E-state index in [1.807, 2.05) is 24.3 Å². The molecule has 0 radical (unpaired) electrons. The largest absolute Gasteiger partial charge is 0.353 e. The van der Waals surface area contributed by atoms with Gasteiger partial charge in [-0.05, 0) is 92.6 Å². The van der Waals surface area contributed by atoms with E-state index in [-0.39, 0.29) is 35.7 Å². The summed E-state index contributed by atoms with van der Waals surface area (Å²) in [5.74, 6) is 2.10. The van der Waals surface area contributed by atoms with Gasteiger partial charge in [-0.3, -0.25) is 19.3 Å². The fourth-order valence-corrected chi connectivity index (χ4v) is 7.86. The van der Waals surface area contributed by atoms with Gasteiger partial charge in [-0.2, -0.15) is 0 Å². The van der Waals surface area contributed by atoms with E-state index >= 15 is 0 Å². The number of amides is 3. The minimum absolute atomic E-state index is 0.0395. The summed E-state index contributed by atoms with van der Waals surface area (Å²) in [6, 6.07) is 11.3. The monoisotopic (exact) mass is 444 g/mol. The Morgan fingerprint density at radius 3 is 2.06 bits per heavy atom. The zero-order valence-electron chi connectivity index (χ0n) is 19.3. The highest BCUT2D eigenvalue weighted by Crippen LogP contribution is 2.61. The summed E-state index contributed by atoms with van der Waals surface area (Å²) in [7, 11) is 0. The number of carbonyl (C=O) groups is 3. The molecule has 5 aliphatic rings. The van der Waals surface area contributed by atoms with E-state index in [1.165, 1.54) is 43.4 Å². The number of rotatable bonds is 6. The minimum Gasteiger partial charge on any atom is -0.353 e. The van der Waals surface area contributed by atoms with Crippen LogP contribution in [0.5, 0.6) is 0 Å². The molecule has 1 N–H and O–H groups in total. The SMILES string of the molecule is CC(NC(=O)CCCN1C(=O)c2cccc3cccc(c23)C1=O)C12CC3CC(CC(C3)C1)C2.